The average molecular weight is 443 g/mol. The van der Waals surface area contributed by atoms with E-state index in [9.17, 15) is 4.79 Å². The van der Waals surface area contributed by atoms with Crippen LogP contribution < -0.4 is 14.8 Å². The van der Waals surface area contributed by atoms with Crippen LogP contribution in [0.5, 0.6) is 11.5 Å². The molecule has 7 nitrogen and oxygen atoms in total. The number of hydrogen-bond acceptors (Lipinski definition) is 7. The molecule has 0 aliphatic heterocycles. The third-order valence-corrected chi connectivity index (χ3v) is 7.78. The van der Waals surface area contributed by atoms with Gasteiger partial charge in [-0.25, -0.2) is 4.98 Å². The molecule has 1 aromatic heterocycles. The third kappa shape index (κ3) is 3.75. The number of fused-ring (bicyclic) bond motifs is 5. The van der Waals surface area contributed by atoms with Gasteiger partial charge in [-0.1, -0.05) is 32.5 Å². The molecule has 2 bridgehead atoms. The predicted octanol–water partition coefficient (Wildman–Crippen LogP) is 4.57. The summed E-state index contributed by atoms with van der Waals surface area (Å²) in [7, 11) is 0. The van der Waals surface area contributed by atoms with E-state index < -0.39 is 0 Å². The Bertz CT molecular complexity index is 997. The van der Waals surface area contributed by atoms with Gasteiger partial charge in [0.05, 0.1) is 36.0 Å². The quantitative estimate of drug-likeness (QED) is 0.599. The van der Waals surface area contributed by atoms with Crippen molar-refractivity contribution in [2.24, 2.45) is 5.41 Å². The van der Waals surface area contributed by atoms with Crippen molar-refractivity contribution in [3.8, 4) is 11.5 Å². The zero-order chi connectivity index (χ0) is 22.2. The first-order chi connectivity index (χ1) is 14.8. The fourth-order valence-corrected chi connectivity index (χ4v) is 5.47. The van der Waals surface area contributed by atoms with Crippen LogP contribution in [0.3, 0.4) is 0 Å². The van der Waals surface area contributed by atoms with Crippen LogP contribution in [0.25, 0.3) is 0 Å². The number of ether oxygens (including phenoxy) is 2. The van der Waals surface area contributed by atoms with Crippen molar-refractivity contribution in [3.05, 3.63) is 29.6 Å². The van der Waals surface area contributed by atoms with Gasteiger partial charge in [-0.3, -0.25) is 4.79 Å². The monoisotopic (exact) mass is 442 g/mol. The van der Waals surface area contributed by atoms with Gasteiger partial charge in [0, 0.05) is 17.4 Å². The highest BCUT2D eigenvalue weighted by atomic mass is 32.2. The Hall–Kier alpha value is -2.35. The van der Waals surface area contributed by atoms with E-state index in [2.05, 4.69) is 36.3 Å². The van der Waals surface area contributed by atoms with E-state index >= 15 is 0 Å². The molecule has 0 saturated heterocycles. The molecular weight excluding hydrogens is 412 g/mol. The van der Waals surface area contributed by atoms with E-state index in [0.29, 0.717) is 41.5 Å². The summed E-state index contributed by atoms with van der Waals surface area (Å²) in [6.07, 6.45) is 2.27. The molecule has 31 heavy (non-hydrogen) atoms. The summed E-state index contributed by atoms with van der Waals surface area (Å²) in [6.45, 7) is 11.8. The molecule has 1 N–H and O–H groups in total. The Labute approximate surface area is 187 Å². The van der Waals surface area contributed by atoms with Crippen LogP contribution in [-0.4, -0.2) is 40.1 Å². The number of thioether (sulfide) groups is 1. The van der Waals surface area contributed by atoms with Crippen molar-refractivity contribution in [2.75, 3.05) is 24.3 Å². The van der Waals surface area contributed by atoms with Crippen LogP contribution >= 0.6 is 11.8 Å². The Morgan fingerprint density at radius 1 is 1.19 bits per heavy atom. The lowest BCUT2D eigenvalue weighted by Crippen LogP contribution is -2.32. The summed E-state index contributed by atoms with van der Waals surface area (Å²) in [6, 6.07) is 5.42. The molecule has 8 heteroatoms. The van der Waals surface area contributed by atoms with Gasteiger partial charge in [-0.15, -0.1) is 5.10 Å². The van der Waals surface area contributed by atoms with Gasteiger partial charge in [-0.2, -0.15) is 5.10 Å². The van der Waals surface area contributed by atoms with E-state index in [1.807, 2.05) is 26.0 Å². The second-order valence-electron chi connectivity index (χ2n) is 8.83. The maximum Gasteiger partial charge on any atom is 0.234 e. The molecule has 2 aliphatic carbocycles. The number of carbonyl (C=O) groups is 1. The van der Waals surface area contributed by atoms with Crippen molar-refractivity contribution >= 4 is 23.4 Å². The molecule has 1 aromatic carbocycles. The first kappa shape index (κ1) is 21.9. The van der Waals surface area contributed by atoms with Gasteiger partial charge in [0.25, 0.3) is 0 Å². The molecule has 0 unspecified atom stereocenters. The van der Waals surface area contributed by atoms with Crippen molar-refractivity contribution < 1.29 is 14.3 Å². The van der Waals surface area contributed by atoms with E-state index in [-0.39, 0.29) is 22.5 Å². The molecule has 0 radical (unpaired) electrons. The molecule has 0 spiro atoms. The number of hydrogen-bond donors (Lipinski definition) is 1. The van der Waals surface area contributed by atoms with Gasteiger partial charge in [0.2, 0.25) is 11.1 Å². The molecule has 2 atom stereocenters. The van der Waals surface area contributed by atoms with E-state index in [1.165, 1.54) is 11.8 Å². The van der Waals surface area contributed by atoms with Gasteiger partial charge in [0.15, 0.2) is 0 Å². The van der Waals surface area contributed by atoms with Crippen LogP contribution in [0.4, 0.5) is 5.69 Å². The molecule has 1 amide bonds. The smallest absolute Gasteiger partial charge is 0.234 e. The number of benzene rings is 1. The van der Waals surface area contributed by atoms with Gasteiger partial charge in [-0.05, 0) is 44.2 Å². The van der Waals surface area contributed by atoms with Gasteiger partial charge < -0.3 is 14.8 Å². The van der Waals surface area contributed by atoms with Crippen LogP contribution in [0.2, 0.25) is 0 Å². The zero-order valence-corrected chi connectivity index (χ0v) is 19.6. The summed E-state index contributed by atoms with van der Waals surface area (Å²) in [4.78, 5) is 17.5. The molecule has 166 valence electrons. The standard InChI is InChI=1S/C23H30N4O3S/c1-6-29-14-8-9-17(30-7-2)16(12-14)24-18(28)13-31-21-25-20-19(26-27-21)15-10-11-23(20,5)22(15,3)4/h8-9,12,15H,6-7,10-11,13H2,1-5H3,(H,24,28)/t15-,23+/m0/s1. The number of rotatable bonds is 8. The summed E-state index contributed by atoms with van der Waals surface area (Å²) in [5.74, 6) is 1.76. The highest BCUT2D eigenvalue weighted by Crippen LogP contribution is 2.66. The summed E-state index contributed by atoms with van der Waals surface area (Å²) >= 11 is 1.30. The van der Waals surface area contributed by atoms with Crippen molar-refractivity contribution in [1.29, 1.82) is 0 Å². The fraction of sp³-hybridized carbons (Fsp3) is 0.565. The number of anilines is 1. The second kappa shape index (κ2) is 8.30. The average Bonchev–Trinajstić information content (AvgIpc) is 3.07. The SMILES string of the molecule is CCOc1ccc(OCC)c(NC(=O)CSc2nnc3c(n2)[C@@]2(C)CC[C@@H]3C2(C)C)c1. The molecule has 4 rings (SSSR count). The molecule has 2 aromatic rings. The topological polar surface area (TPSA) is 86.2 Å². The molecule has 1 saturated carbocycles. The Morgan fingerprint density at radius 2 is 1.97 bits per heavy atom. The van der Waals surface area contributed by atoms with E-state index in [4.69, 9.17) is 14.5 Å². The minimum Gasteiger partial charge on any atom is -0.494 e. The first-order valence-corrected chi connectivity index (χ1v) is 11.9. The molecular formula is C23H30N4O3S. The van der Waals surface area contributed by atoms with Crippen LogP contribution in [0.1, 0.15) is 64.8 Å². The van der Waals surface area contributed by atoms with Gasteiger partial charge >= 0.3 is 0 Å². The number of aromatic nitrogens is 3. The predicted molar refractivity (Wildman–Crippen MR) is 121 cm³/mol. The minimum absolute atomic E-state index is 0.0205. The normalized spacial score (nSPS) is 22.8. The van der Waals surface area contributed by atoms with Crippen LogP contribution in [-0.2, 0) is 10.2 Å². The Kier molecular flexibility index (Phi) is 5.85. The Balaban J connectivity index is 1.45. The minimum atomic E-state index is -0.156. The van der Waals surface area contributed by atoms with E-state index in [1.54, 1.807) is 6.07 Å². The van der Waals surface area contributed by atoms with Crippen LogP contribution in [0.15, 0.2) is 23.4 Å². The summed E-state index contributed by atoms with van der Waals surface area (Å²) in [5, 5.41) is 12.3. The van der Waals surface area contributed by atoms with Crippen LogP contribution in [0, 0.1) is 5.41 Å². The second-order valence-corrected chi connectivity index (χ2v) is 9.78. The third-order valence-electron chi connectivity index (χ3n) is 6.94. The molecule has 1 heterocycles. The van der Waals surface area contributed by atoms with Gasteiger partial charge in [0.1, 0.15) is 11.5 Å². The summed E-state index contributed by atoms with van der Waals surface area (Å²) < 4.78 is 11.2. The van der Waals surface area contributed by atoms with Crippen molar-refractivity contribution in [1.82, 2.24) is 15.2 Å². The number of carbonyl (C=O) groups excluding carboxylic acids is 1. The zero-order valence-electron chi connectivity index (χ0n) is 18.8. The lowest BCUT2D eigenvalue weighted by atomic mass is 9.70. The maximum atomic E-state index is 12.6. The number of amides is 1. The van der Waals surface area contributed by atoms with Crippen molar-refractivity contribution in [3.63, 3.8) is 0 Å². The Morgan fingerprint density at radius 3 is 2.71 bits per heavy atom. The lowest BCUT2D eigenvalue weighted by Gasteiger charge is -2.33. The largest absolute Gasteiger partial charge is 0.494 e. The molecule has 1 fully saturated rings. The van der Waals surface area contributed by atoms with E-state index in [0.717, 1.165) is 24.2 Å². The fourth-order valence-electron chi connectivity index (χ4n) is 4.88. The van der Waals surface area contributed by atoms with Crippen molar-refractivity contribution in [2.45, 2.75) is 63.9 Å². The summed E-state index contributed by atoms with van der Waals surface area (Å²) in [5.41, 5.74) is 2.86. The lowest BCUT2D eigenvalue weighted by molar-refractivity contribution is -0.113. The number of nitrogens with one attached hydrogen (secondary N) is 1. The first-order valence-electron chi connectivity index (χ1n) is 10.9. The highest BCUT2D eigenvalue weighted by Gasteiger charge is 2.61. The molecule has 2 aliphatic rings. The number of nitrogens with zero attached hydrogens (tertiary/aromatic N) is 3. The highest BCUT2D eigenvalue weighted by molar-refractivity contribution is 7.99. The maximum absolute atomic E-state index is 12.6.